The van der Waals surface area contributed by atoms with Crippen LogP contribution in [-0.4, -0.2) is 54.5 Å². The normalized spacial score (nSPS) is 24.0. The van der Waals surface area contributed by atoms with Gasteiger partial charge in [-0.1, -0.05) is 13.0 Å². The third kappa shape index (κ3) is 4.82. The highest BCUT2D eigenvalue weighted by Gasteiger charge is 2.55. The van der Waals surface area contributed by atoms with Gasteiger partial charge in [0, 0.05) is 63.4 Å². The molecule has 1 N–H and O–H groups in total. The van der Waals surface area contributed by atoms with Crippen LogP contribution in [0.1, 0.15) is 58.1 Å². The summed E-state index contributed by atoms with van der Waals surface area (Å²) in [4.78, 5) is 29.2. The van der Waals surface area contributed by atoms with E-state index in [0.717, 1.165) is 30.6 Å². The van der Waals surface area contributed by atoms with Crippen LogP contribution in [0.5, 0.6) is 0 Å². The van der Waals surface area contributed by atoms with Crippen molar-refractivity contribution < 1.29 is 8.95 Å². The maximum Gasteiger partial charge on any atom is 0.252 e. The largest absolute Gasteiger partial charge is 0.374 e. The Balaban J connectivity index is 1.41. The molecular weight excluding hydrogens is 514 g/mol. The van der Waals surface area contributed by atoms with E-state index in [1.54, 1.807) is 24.6 Å². The number of anilines is 4. The highest BCUT2D eigenvalue weighted by Crippen LogP contribution is 2.53. The molecule has 3 aliphatic rings. The lowest BCUT2D eigenvalue weighted by atomic mass is 9.73. The molecule has 5 heterocycles. The molecule has 0 aromatic carbocycles. The van der Waals surface area contributed by atoms with Gasteiger partial charge in [0.1, 0.15) is 11.6 Å². The molecule has 2 fully saturated rings. The topological polar surface area (TPSA) is 115 Å². The van der Waals surface area contributed by atoms with Crippen LogP contribution in [0.15, 0.2) is 51.9 Å². The van der Waals surface area contributed by atoms with Crippen LogP contribution in [0.2, 0.25) is 0 Å². The van der Waals surface area contributed by atoms with Crippen molar-refractivity contribution >= 4 is 38.8 Å². The Hall–Kier alpha value is -3.31. The summed E-state index contributed by atoms with van der Waals surface area (Å²) in [6.07, 6.45) is 10.9. The second-order valence-corrected chi connectivity index (χ2v) is 14.5. The minimum absolute atomic E-state index is 0.0163. The molecule has 1 saturated heterocycles. The average Bonchev–Trinajstić information content (AvgIpc) is 3.05. The molecule has 1 aliphatic carbocycles. The SMILES string of the molecule is CC1(C)C[C@H]2N(c3cccc(N=S(C)(C)=O)n3)c3nc(Nc4ccn(C5CCC5)c(=O)c4)ncc3[C@@]2(C)CO1. The van der Waals surface area contributed by atoms with Crippen LogP contribution in [0.3, 0.4) is 0 Å². The summed E-state index contributed by atoms with van der Waals surface area (Å²) >= 11 is 0. The zero-order chi connectivity index (χ0) is 27.6. The lowest BCUT2D eigenvalue weighted by molar-refractivity contribution is -0.0893. The molecule has 1 saturated carbocycles. The molecule has 0 spiro atoms. The fourth-order valence-corrected chi connectivity index (χ4v) is 6.30. The summed E-state index contributed by atoms with van der Waals surface area (Å²) < 4.78 is 24.8. The van der Waals surface area contributed by atoms with E-state index < -0.39 is 9.73 Å². The molecule has 39 heavy (non-hydrogen) atoms. The number of rotatable bonds is 5. The fraction of sp³-hybridized carbons (Fsp3) is 0.500. The van der Waals surface area contributed by atoms with Crippen molar-refractivity contribution in [1.82, 2.24) is 19.5 Å². The second-order valence-electron chi connectivity index (χ2n) is 12.0. The first-order chi connectivity index (χ1) is 18.4. The number of hydrogen-bond donors (Lipinski definition) is 1. The minimum atomic E-state index is -2.37. The molecule has 3 aromatic heterocycles. The van der Waals surface area contributed by atoms with Crippen LogP contribution < -0.4 is 15.8 Å². The number of nitrogens with one attached hydrogen (secondary N) is 1. The van der Waals surface area contributed by atoms with Gasteiger partial charge < -0.3 is 19.5 Å². The molecular formula is C28H35N7O3S. The monoisotopic (exact) mass is 549 g/mol. The Kier molecular flexibility index (Phi) is 6.07. The van der Waals surface area contributed by atoms with Gasteiger partial charge in [-0.05, 0) is 57.7 Å². The Morgan fingerprint density at radius 2 is 1.95 bits per heavy atom. The molecule has 0 amide bonds. The lowest BCUT2D eigenvalue weighted by Gasteiger charge is -2.46. The Bertz CT molecular complexity index is 1620. The van der Waals surface area contributed by atoms with Gasteiger partial charge in [0.05, 0.1) is 18.2 Å². The van der Waals surface area contributed by atoms with Gasteiger partial charge in [-0.2, -0.15) is 9.35 Å². The summed E-state index contributed by atoms with van der Waals surface area (Å²) in [6, 6.07) is 9.38. The van der Waals surface area contributed by atoms with Gasteiger partial charge in [0.25, 0.3) is 5.56 Å². The van der Waals surface area contributed by atoms with Crippen molar-refractivity contribution in [1.29, 1.82) is 0 Å². The smallest absolute Gasteiger partial charge is 0.252 e. The molecule has 6 rings (SSSR count). The Labute approximate surface area is 229 Å². The zero-order valence-electron chi connectivity index (χ0n) is 23.0. The predicted molar refractivity (Wildman–Crippen MR) is 153 cm³/mol. The lowest BCUT2D eigenvalue weighted by Crippen LogP contribution is -2.54. The summed E-state index contributed by atoms with van der Waals surface area (Å²) in [7, 11) is -2.37. The van der Waals surface area contributed by atoms with Crippen LogP contribution in [-0.2, 0) is 19.9 Å². The summed E-state index contributed by atoms with van der Waals surface area (Å²) in [5, 5.41) is 3.23. The van der Waals surface area contributed by atoms with Crippen LogP contribution >= 0.6 is 0 Å². The first-order valence-corrected chi connectivity index (χ1v) is 15.7. The highest BCUT2D eigenvalue weighted by atomic mass is 32.2. The van der Waals surface area contributed by atoms with Gasteiger partial charge in [0.2, 0.25) is 5.95 Å². The summed E-state index contributed by atoms with van der Waals surface area (Å²) in [5.74, 6) is 2.24. The van der Waals surface area contributed by atoms with E-state index in [9.17, 15) is 9.00 Å². The van der Waals surface area contributed by atoms with Crippen LogP contribution in [0.4, 0.5) is 29.1 Å². The van der Waals surface area contributed by atoms with Crippen LogP contribution in [0.25, 0.3) is 0 Å². The third-order valence-electron chi connectivity index (χ3n) is 8.06. The maximum atomic E-state index is 12.7. The molecule has 0 unspecified atom stereocenters. The van der Waals surface area contributed by atoms with Crippen molar-refractivity contribution in [3.05, 3.63) is 58.6 Å². The number of hydrogen-bond acceptors (Lipinski definition) is 9. The second kappa shape index (κ2) is 9.12. The third-order valence-corrected chi connectivity index (χ3v) is 8.69. The first-order valence-electron chi connectivity index (χ1n) is 13.4. The number of nitrogens with zero attached hydrogens (tertiary/aromatic N) is 6. The van der Waals surface area contributed by atoms with Crippen molar-refractivity contribution in [3.8, 4) is 0 Å². The summed E-state index contributed by atoms with van der Waals surface area (Å²) in [6.45, 7) is 6.90. The van der Waals surface area contributed by atoms with E-state index in [0.29, 0.717) is 35.9 Å². The fourth-order valence-electron chi connectivity index (χ4n) is 5.75. The van der Waals surface area contributed by atoms with E-state index in [1.807, 2.05) is 35.2 Å². The number of pyridine rings is 2. The van der Waals surface area contributed by atoms with E-state index in [-0.39, 0.29) is 22.6 Å². The zero-order valence-corrected chi connectivity index (χ0v) is 23.9. The molecule has 2 atom stereocenters. The van der Waals surface area contributed by atoms with Crippen molar-refractivity contribution in [2.45, 2.75) is 69.6 Å². The number of aromatic nitrogens is 4. The van der Waals surface area contributed by atoms with E-state index in [1.165, 1.54) is 6.42 Å². The van der Waals surface area contributed by atoms with Crippen molar-refractivity contribution in [3.63, 3.8) is 0 Å². The van der Waals surface area contributed by atoms with E-state index in [4.69, 9.17) is 14.7 Å². The molecule has 0 bridgehead atoms. The van der Waals surface area contributed by atoms with Gasteiger partial charge >= 0.3 is 0 Å². The molecule has 11 heteroatoms. The van der Waals surface area contributed by atoms with Gasteiger partial charge in [-0.3, -0.25) is 4.79 Å². The maximum absolute atomic E-state index is 12.7. The first kappa shape index (κ1) is 25.9. The van der Waals surface area contributed by atoms with Crippen LogP contribution in [0, 0.1) is 0 Å². The van der Waals surface area contributed by atoms with E-state index >= 15 is 0 Å². The molecule has 2 aliphatic heterocycles. The molecule has 10 nitrogen and oxygen atoms in total. The Morgan fingerprint density at radius 1 is 1.15 bits per heavy atom. The number of fused-ring (bicyclic) bond motifs is 3. The van der Waals surface area contributed by atoms with Gasteiger partial charge in [0.15, 0.2) is 5.82 Å². The van der Waals surface area contributed by atoms with Gasteiger partial charge in [-0.25, -0.2) is 14.2 Å². The minimum Gasteiger partial charge on any atom is -0.374 e. The van der Waals surface area contributed by atoms with E-state index in [2.05, 4.69) is 40.3 Å². The predicted octanol–water partition coefficient (Wildman–Crippen LogP) is 4.84. The molecule has 3 aromatic rings. The standard InChI is InChI=1S/C28H35N7O3S/c1-27(2)15-21-28(3,17-38-27)20-16-29-26(30-18-12-13-34(24(36)14-18)19-8-6-9-19)32-25(20)35(21)23-11-7-10-22(31-23)33-39(4,5)37/h7,10-14,16,19,21H,6,8-9,15,17H2,1-5H3,(H,29,30,32)/t21-,28-/m1/s1. The summed E-state index contributed by atoms with van der Waals surface area (Å²) in [5.41, 5.74) is 0.913. The van der Waals surface area contributed by atoms with Crippen molar-refractivity contribution in [2.75, 3.05) is 29.3 Å². The van der Waals surface area contributed by atoms with Crippen molar-refractivity contribution in [2.24, 2.45) is 4.36 Å². The quantitative estimate of drug-likeness (QED) is 0.481. The molecule has 0 radical (unpaired) electrons. The Morgan fingerprint density at radius 3 is 2.64 bits per heavy atom. The highest BCUT2D eigenvalue weighted by molar-refractivity contribution is 7.92. The average molecular weight is 550 g/mol. The molecule has 206 valence electrons. The van der Waals surface area contributed by atoms with Gasteiger partial charge in [-0.15, -0.1) is 0 Å². The number of ether oxygens (including phenoxy) is 1.